The summed E-state index contributed by atoms with van der Waals surface area (Å²) in [5.74, 6) is 0.377. The number of anilines is 1. The van der Waals surface area contributed by atoms with Crippen LogP contribution >= 0.6 is 11.8 Å². The normalized spacial score (nSPS) is 16.1. The second-order valence-electron chi connectivity index (χ2n) is 4.96. The lowest BCUT2D eigenvalue weighted by atomic mass is 10.0. The molecule has 1 aliphatic heterocycles. The first-order chi connectivity index (χ1) is 10.5. The van der Waals surface area contributed by atoms with Gasteiger partial charge in [0.05, 0.1) is 17.1 Å². The molecule has 0 saturated carbocycles. The summed E-state index contributed by atoms with van der Waals surface area (Å²) in [6, 6.07) is 7.35. The van der Waals surface area contributed by atoms with Crippen molar-refractivity contribution in [3.05, 3.63) is 24.3 Å². The van der Waals surface area contributed by atoms with Crippen LogP contribution in [0, 0.1) is 0 Å². The number of rotatable bonds is 2. The lowest BCUT2D eigenvalue weighted by molar-refractivity contribution is -0.769. The van der Waals surface area contributed by atoms with Gasteiger partial charge in [0.25, 0.3) is 17.0 Å². The molecule has 0 bridgehead atoms. The molecule has 0 aliphatic carbocycles. The Balaban J connectivity index is 2.28. The summed E-state index contributed by atoms with van der Waals surface area (Å²) >= 11 is 1.41. The molecule has 1 aromatic heterocycles. The standard InChI is InChI=1S/C15H16N4O2S/c1-4-22-15-16-14(21)13-11-7-5-6-8-12(11)18(10(3)20)9(2)19(13)17-15/h5-9H,4H2,1-3H3. The molecule has 0 fully saturated rings. The number of aromatic nitrogens is 3. The van der Waals surface area contributed by atoms with E-state index in [0.717, 1.165) is 11.4 Å². The van der Waals surface area contributed by atoms with Gasteiger partial charge in [0.2, 0.25) is 5.91 Å². The molecule has 1 atom stereocenters. The zero-order chi connectivity index (χ0) is 15.9. The lowest BCUT2D eigenvalue weighted by Gasteiger charge is -2.30. The van der Waals surface area contributed by atoms with Crippen LogP contribution in [0.15, 0.2) is 29.4 Å². The van der Waals surface area contributed by atoms with Gasteiger partial charge in [0.1, 0.15) is 0 Å². The largest absolute Gasteiger partial charge is 0.854 e. The van der Waals surface area contributed by atoms with Gasteiger partial charge < -0.3 is 5.11 Å². The van der Waals surface area contributed by atoms with Crippen molar-refractivity contribution in [2.75, 3.05) is 10.7 Å². The molecule has 0 radical (unpaired) electrons. The van der Waals surface area contributed by atoms with Crippen molar-refractivity contribution in [2.24, 2.45) is 0 Å². The van der Waals surface area contributed by atoms with Crippen molar-refractivity contribution in [2.45, 2.75) is 32.1 Å². The predicted octanol–water partition coefficient (Wildman–Crippen LogP) is 1.50. The first-order valence-corrected chi connectivity index (χ1v) is 8.06. The highest BCUT2D eigenvalue weighted by atomic mass is 32.2. The second kappa shape index (κ2) is 5.57. The highest BCUT2D eigenvalue weighted by Crippen LogP contribution is 2.38. The molecule has 3 rings (SSSR count). The first-order valence-electron chi connectivity index (χ1n) is 7.07. The summed E-state index contributed by atoms with van der Waals surface area (Å²) in [5, 5.41) is 17.3. The molecule has 6 nitrogen and oxygen atoms in total. The summed E-state index contributed by atoms with van der Waals surface area (Å²) in [6.45, 7) is 5.34. The average Bonchev–Trinajstić information content (AvgIpc) is 2.47. The summed E-state index contributed by atoms with van der Waals surface area (Å²) in [4.78, 5) is 17.8. The monoisotopic (exact) mass is 316 g/mol. The zero-order valence-corrected chi connectivity index (χ0v) is 13.4. The molecule has 1 amide bonds. The molecule has 1 aliphatic rings. The molecule has 0 saturated heterocycles. The van der Waals surface area contributed by atoms with Crippen molar-refractivity contribution < 1.29 is 14.6 Å². The van der Waals surface area contributed by atoms with E-state index < -0.39 is 0 Å². The van der Waals surface area contributed by atoms with Gasteiger partial charge in [0.15, 0.2) is 0 Å². The van der Waals surface area contributed by atoms with Crippen molar-refractivity contribution in [1.82, 2.24) is 10.1 Å². The number of carbonyl (C=O) groups excluding carboxylic acids is 1. The van der Waals surface area contributed by atoms with Crippen LogP contribution in [0.4, 0.5) is 5.69 Å². The Bertz CT molecular complexity index is 750. The van der Waals surface area contributed by atoms with E-state index >= 15 is 0 Å². The first kappa shape index (κ1) is 14.8. The minimum absolute atomic E-state index is 0.0890. The fourth-order valence-electron chi connectivity index (χ4n) is 2.73. The molecule has 114 valence electrons. The van der Waals surface area contributed by atoms with Crippen molar-refractivity contribution >= 4 is 23.4 Å². The number of hydrogen-bond donors (Lipinski definition) is 0. The van der Waals surface area contributed by atoms with Crippen molar-refractivity contribution in [3.63, 3.8) is 0 Å². The van der Waals surface area contributed by atoms with Crippen LogP contribution in [0.3, 0.4) is 0 Å². The van der Waals surface area contributed by atoms with E-state index in [1.807, 2.05) is 38.1 Å². The Morgan fingerprint density at radius 3 is 2.86 bits per heavy atom. The molecule has 1 unspecified atom stereocenters. The summed E-state index contributed by atoms with van der Waals surface area (Å²) in [6.07, 6.45) is -0.366. The molecule has 1 aromatic carbocycles. The third kappa shape index (κ3) is 2.21. The molecule has 0 N–H and O–H groups in total. The van der Waals surface area contributed by atoms with Crippen LogP contribution in [0.2, 0.25) is 0 Å². The second-order valence-corrected chi connectivity index (χ2v) is 6.19. The SMILES string of the molecule is CCSc1nc([O-])c2[n+](n1)C(C)N(C(C)=O)c1ccccc1-2. The lowest BCUT2D eigenvalue weighted by Crippen LogP contribution is -2.57. The van der Waals surface area contributed by atoms with Gasteiger partial charge in [-0.05, 0) is 17.9 Å². The van der Waals surface area contributed by atoms with Gasteiger partial charge in [-0.25, -0.2) is 4.98 Å². The fourth-order valence-corrected chi connectivity index (χ4v) is 3.28. The highest BCUT2D eigenvalue weighted by Gasteiger charge is 2.39. The third-order valence-electron chi connectivity index (χ3n) is 3.58. The van der Waals surface area contributed by atoms with E-state index in [0.29, 0.717) is 16.4 Å². The van der Waals surface area contributed by atoms with Crippen LogP contribution in [0.1, 0.15) is 26.9 Å². The van der Waals surface area contributed by atoms with E-state index in [4.69, 9.17) is 0 Å². The Hall–Kier alpha value is -2.15. The van der Waals surface area contributed by atoms with Crippen LogP contribution in [-0.2, 0) is 4.79 Å². The maximum Gasteiger partial charge on any atom is 0.263 e. The summed E-state index contributed by atoms with van der Waals surface area (Å²) in [7, 11) is 0. The van der Waals surface area contributed by atoms with E-state index in [1.54, 1.807) is 9.58 Å². The van der Waals surface area contributed by atoms with Gasteiger partial charge in [-0.15, -0.1) is 0 Å². The van der Waals surface area contributed by atoms with Crippen LogP contribution in [0.5, 0.6) is 5.88 Å². The molecule has 22 heavy (non-hydrogen) atoms. The maximum absolute atomic E-state index is 12.5. The van der Waals surface area contributed by atoms with E-state index in [-0.39, 0.29) is 18.0 Å². The number of nitrogens with zero attached hydrogens (tertiary/aromatic N) is 4. The molecular weight excluding hydrogens is 300 g/mol. The quantitative estimate of drug-likeness (QED) is 0.620. The van der Waals surface area contributed by atoms with E-state index in [9.17, 15) is 9.90 Å². The molecule has 0 spiro atoms. The predicted molar refractivity (Wildman–Crippen MR) is 81.4 cm³/mol. The summed E-state index contributed by atoms with van der Waals surface area (Å²) in [5.41, 5.74) is 1.84. The van der Waals surface area contributed by atoms with Gasteiger partial charge in [-0.2, -0.15) is 0 Å². The number of fused-ring (bicyclic) bond motifs is 3. The Kier molecular flexibility index (Phi) is 3.74. The fraction of sp³-hybridized carbons (Fsp3) is 0.333. The summed E-state index contributed by atoms with van der Waals surface area (Å²) < 4.78 is 1.61. The Morgan fingerprint density at radius 2 is 2.18 bits per heavy atom. The van der Waals surface area contributed by atoms with Crippen molar-refractivity contribution in [3.8, 4) is 17.1 Å². The van der Waals surface area contributed by atoms with Gasteiger partial charge >= 0.3 is 0 Å². The third-order valence-corrected chi connectivity index (χ3v) is 4.30. The molecule has 2 heterocycles. The minimum Gasteiger partial charge on any atom is -0.854 e. The molecule has 2 aromatic rings. The van der Waals surface area contributed by atoms with E-state index in [2.05, 4.69) is 10.1 Å². The van der Waals surface area contributed by atoms with Crippen LogP contribution in [0.25, 0.3) is 11.3 Å². The highest BCUT2D eigenvalue weighted by molar-refractivity contribution is 7.99. The maximum atomic E-state index is 12.5. The minimum atomic E-state index is -0.366. The number of benzene rings is 1. The van der Waals surface area contributed by atoms with Crippen LogP contribution < -0.4 is 14.7 Å². The van der Waals surface area contributed by atoms with Gasteiger partial charge in [-0.3, -0.25) is 9.69 Å². The Morgan fingerprint density at radius 1 is 1.45 bits per heavy atom. The number of hydrogen-bond acceptors (Lipinski definition) is 5. The smallest absolute Gasteiger partial charge is 0.263 e. The number of thioether (sulfide) groups is 1. The number of para-hydroxylation sites is 1. The van der Waals surface area contributed by atoms with Gasteiger partial charge in [0, 0.05) is 18.9 Å². The Labute approximate surface area is 132 Å². The van der Waals surface area contributed by atoms with Gasteiger partial charge in [-0.1, -0.05) is 35.5 Å². The zero-order valence-electron chi connectivity index (χ0n) is 12.6. The number of amides is 1. The van der Waals surface area contributed by atoms with E-state index in [1.165, 1.54) is 18.7 Å². The topological polar surface area (TPSA) is 73.0 Å². The molecule has 7 heteroatoms. The van der Waals surface area contributed by atoms with Crippen molar-refractivity contribution in [1.29, 1.82) is 0 Å². The number of carbonyl (C=O) groups is 1. The van der Waals surface area contributed by atoms with Crippen LogP contribution in [-0.4, -0.2) is 21.7 Å². The average molecular weight is 316 g/mol. The molecular formula is C15H16N4O2S.